The second-order valence-corrected chi connectivity index (χ2v) is 6.06. The highest BCUT2D eigenvalue weighted by molar-refractivity contribution is 7.80. The van der Waals surface area contributed by atoms with Gasteiger partial charge in [0.2, 0.25) is 23.6 Å². The highest BCUT2D eigenvalue weighted by Gasteiger charge is 2.31. The van der Waals surface area contributed by atoms with E-state index in [2.05, 4.69) is 28.6 Å². The van der Waals surface area contributed by atoms with E-state index in [4.69, 9.17) is 16.6 Å². The van der Waals surface area contributed by atoms with E-state index in [0.29, 0.717) is 0 Å². The predicted octanol–water partition coefficient (Wildman–Crippen LogP) is -3.94. The number of carbonyl (C=O) groups is 5. The van der Waals surface area contributed by atoms with Crippen LogP contribution in [0.15, 0.2) is 0 Å². The van der Waals surface area contributed by atoms with Gasteiger partial charge < -0.3 is 37.6 Å². The van der Waals surface area contributed by atoms with Crippen LogP contribution in [0.2, 0.25) is 0 Å². The van der Waals surface area contributed by atoms with Crippen LogP contribution in [0.3, 0.4) is 0 Å². The van der Waals surface area contributed by atoms with Gasteiger partial charge in [-0.15, -0.1) is 0 Å². The largest absolute Gasteiger partial charge is 0.480 e. The molecule has 4 atom stereocenters. The molecule has 0 aromatic carbocycles. The first-order chi connectivity index (χ1) is 12.5. The lowest BCUT2D eigenvalue weighted by Gasteiger charge is -2.25. The van der Waals surface area contributed by atoms with Gasteiger partial charge in [0.1, 0.15) is 18.6 Å². The Hall–Kier alpha value is -2.38. The zero-order valence-electron chi connectivity index (χ0n) is 14.7. The zero-order chi connectivity index (χ0) is 21.1. The van der Waals surface area contributed by atoms with Gasteiger partial charge in [0.05, 0.1) is 12.1 Å². The number of amides is 4. The quantitative estimate of drug-likeness (QED) is 0.149. The Kier molecular flexibility index (Phi) is 11.0. The highest BCUT2D eigenvalue weighted by atomic mass is 32.1. The van der Waals surface area contributed by atoms with E-state index in [-0.39, 0.29) is 18.6 Å². The second-order valence-electron chi connectivity index (χ2n) is 5.69. The molecular weight excluding hydrogens is 382 g/mol. The summed E-state index contributed by atoms with van der Waals surface area (Å²) in [6.07, 6.45) is -1.80. The van der Waals surface area contributed by atoms with E-state index in [1.807, 2.05) is 0 Å². The van der Waals surface area contributed by atoms with Crippen molar-refractivity contribution in [2.45, 2.75) is 44.0 Å². The molecule has 0 aromatic rings. The first kappa shape index (κ1) is 24.6. The molecule has 0 saturated carbocycles. The van der Waals surface area contributed by atoms with E-state index in [0.717, 1.165) is 0 Å². The molecule has 0 aliphatic rings. The highest BCUT2D eigenvalue weighted by Crippen LogP contribution is 2.02. The summed E-state index contributed by atoms with van der Waals surface area (Å²) in [6.45, 7) is 0.537. The average molecular weight is 407 g/mol. The molecule has 4 amide bonds. The minimum Gasteiger partial charge on any atom is -0.480 e. The smallest absolute Gasteiger partial charge is 0.322 e. The number of thiol groups is 1. The fourth-order valence-corrected chi connectivity index (χ4v) is 2.02. The maximum absolute atomic E-state index is 12.4. The Morgan fingerprint density at radius 2 is 1.67 bits per heavy atom. The molecule has 9 N–H and O–H groups in total. The molecule has 27 heavy (non-hydrogen) atoms. The Morgan fingerprint density at radius 1 is 1.07 bits per heavy atom. The van der Waals surface area contributed by atoms with Crippen LogP contribution in [0.1, 0.15) is 19.8 Å². The fraction of sp³-hybridized carbons (Fsp3) is 0.643. The summed E-state index contributed by atoms with van der Waals surface area (Å²) in [5.41, 5.74) is 10.5. The number of carbonyl (C=O) groups excluding carboxylic acids is 4. The lowest BCUT2D eigenvalue weighted by atomic mass is 10.1. The lowest BCUT2D eigenvalue weighted by molar-refractivity contribution is -0.139. The number of aliphatic hydroxyl groups is 1. The molecule has 0 saturated heterocycles. The summed E-state index contributed by atoms with van der Waals surface area (Å²) in [5.74, 6) is -4.58. The van der Waals surface area contributed by atoms with E-state index in [1.54, 1.807) is 0 Å². The van der Waals surface area contributed by atoms with Crippen LogP contribution in [0.5, 0.6) is 0 Å². The fourth-order valence-electron chi connectivity index (χ4n) is 1.85. The van der Waals surface area contributed by atoms with Crippen molar-refractivity contribution in [2.75, 3.05) is 12.3 Å². The van der Waals surface area contributed by atoms with Gasteiger partial charge in [-0.25, -0.2) is 0 Å². The number of aliphatic carboxylic acids is 1. The van der Waals surface area contributed by atoms with Gasteiger partial charge in [-0.2, -0.15) is 12.6 Å². The van der Waals surface area contributed by atoms with Crippen LogP contribution < -0.4 is 27.4 Å². The van der Waals surface area contributed by atoms with Gasteiger partial charge in [0.15, 0.2) is 0 Å². The van der Waals surface area contributed by atoms with Crippen molar-refractivity contribution in [3.8, 4) is 0 Å². The molecule has 154 valence electrons. The molecule has 0 aliphatic carbocycles. The number of nitrogens with one attached hydrogen (secondary N) is 3. The zero-order valence-corrected chi connectivity index (χ0v) is 15.6. The third-order valence-electron chi connectivity index (χ3n) is 3.32. The summed E-state index contributed by atoms with van der Waals surface area (Å²) in [5, 5.41) is 24.9. The number of hydrogen-bond donors (Lipinski definition) is 8. The van der Waals surface area contributed by atoms with Crippen LogP contribution in [0.4, 0.5) is 0 Å². The molecule has 0 bridgehead atoms. The van der Waals surface area contributed by atoms with Crippen LogP contribution >= 0.6 is 12.6 Å². The van der Waals surface area contributed by atoms with E-state index < -0.39 is 60.4 Å². The normalized spacial score (nSPS) is 15.0. The second kappa shape index (κ2) is 12.1. The van der Waals surface area contributed by atoms with E-state index in [1.165, 1.54) is 6.92 Å². The van der Waals surface area contributed by atoms with Crippen molar-refractivity contribution in [2.24, 2.45) is 11.5 Å². The third-order valence-corrected chi connectivity index (χ3v) is 3.72. The monoisotopic (exact) mass is 407 g/mol. The van der Waals surface area contributed by atoms with Gasteiger partial charge in [-0.1, -0.05) is 0 Å². The number of aliphatic hydroxyl groups excluding tert-OH is 1. The molecule has 0 rings (SSSR count). The van der Waals surface area contributed by atoms with Crippen molar-refractivity contribution in [3.63, 3.8) is 0 Å². The number of carboxylic acids is 1. The Bertz CT molecular complexity index is 572. The Morgan fingerprint density at radius 3 is 2.11 bits per heavy atom. The molecule has 13 heteroatoms. The molecule has 0 heterocycles. The van der Waals surface area contributed by atoms with Gasteiger partial charge in [0, 0.05) is 12.2 Å². The van der Waals surface area contributed by atoms with Crippen molar-refractivity contribution in [1.82, 2.24) is 16.0 Å². The van der Waals surface area contributed by atoms with Gasteiger partial charge >= 0.3 is 5.97 Å². The van der Waals surface area contributed by atoms with E-state index >= 15 is 0 Å². The molecule has 0 fully saturated rings. The molecular formula is C14H25N5O7S. The minimum atomic E-state index is -1.44. The van der Waals surface area contributed by atoms with Crippen LogP contribution in [0.25, 0.3) is 0 Å². The van der Waals surface area contributed by atoms with Crippen molar-refractivity contribution < 1.29 is 34.2 Å². The van der Waals surface area contributed by atoms with Crippen molar-refractivity contribution in [3.05, 3.63) is 0 Å². The molecule has 4 unspecified atom stereocenters. The molecule has 0 radical (unpaired) electrons. The first-order valence-electron chi connectivity index (χ1n) is 7.92. The van der Waals surface area contributed by atoms with Gasteiger partial charge in [-0.3, -0.25) is 24.0 Å². The van der Waals surface area contributed by atoms with E-state index in [9.17, 15) is 29.1 Å². The summed E-state index contributed by atoms with van der Waals surface area (Å²) in [4.78, 5) is 57.7. The topological polar surface area (TPSA) is 214 Å². The molecule has 0 aromatic heterocycles. The summed E-state index contributed by atoms with van der Waals surface area (Å²) in [6, 6.07) is -3.76. The predicted molar refractivity (Wildman–Crippen MR) is 96.4 cm³/mol. The van der Waals surface area contributed by atoms with Crippen molar-refractivity contribution in [1.29, 1.82) is 0 Å². The lowest BCUT2D eigenvalue weighted by Crippen LogP contribution is -2.59. The molecule has 12 nitrogen and oxygen atoms in total. The van der Waals surface area contributed by atoms with Crippen LogP contribution in [-0.4, -0.2) is 76.3 Å². The number of nitrogens with two attached hydrogens (primary N) is 2. The van der Waals surface area contributed by atoms with Crippen molar-refractivity contribution >= 4 is 42.2 Å². The van der Waals surface area contributed by atoms with Crippen LogP contribution in [0, 0.1) is 0 Å². The maximum Gasteiger partial charge on any atom is 0.322 e. The summed E-state index contributed by atoms with van der Waals surface area (Å²) in [7, 11) is 0. The number of primary amides is 1. The minimum absolute atomic E-state index is 0.00118. The Balaban J connectivity index is 5.17. The first-order valence-corrected chi connectivity index (χ1v) is 8.55. The standard InChI is InChI=1S/C14H25N5O7S/c1-6(20)11(19-12(24)7(15)5-27)14(26)18-8(2-3-9(16)21)13(25)17-4-10(22)23/h6-8,11,20,27H,2-5,15H2,1H3,(H2,16,21)(H,17,25)(H,18,26)(H,19,24)(H,22,23). The van der Waals surface area contributed by atoms with Gasteiger partial charge in [-0.05, 0) is 13.3 Å². The Labute approximate surface area is 160 Å². The summed E-state index contributed by atoms with van der Waals surface area (Å²) >= 11 is 3.86. The van der Waals surface area contributed by atoms with Crippen LogP contribution in [-0.2, 0) is 24.0 Å². The summed E-state index contributed by atoms with van der Waals surface area (Å²) < 4.78 is 0. The number of hydrogen-bond acceptors (Lipinski definition) is 8. The average Bonchev–Trinajstić information content (AvgIpc) is 2.59. The SMILES string of the molecule is CC(O)C(NC(=O)C(N)CS)C(=O)NC(CCC(N)=O)C(=O)NCC(=O)O. The molecule has 0 spiro atoms. The van der Waals surface area contributed by atoms with Gasteiger partial charge in [0.25, 0.3) is 0 Å². The molecule has 0 aliphatic heterocycles. The third kappa shape index (κ3) is 9.77. The maximum atomic E-state index is 12.4. The number of rotatable bonds is 12. The number of carboxylic acid groups (broad SMARTS) is 1.